The highest BCUT2D eigenvalue weighted by Gasteiger charge is 2.32. The second kappa shape index (κ2) is 5.52. The predicted molar refractivity (Wildman–Crippen MR) is 83.7 cm³/mol. The summed E-state index contributed by atoms with van der Waals surface area (Å²) in [6.45, 7) is 8.78. The SMILES string of the molecule is CC(C)(C)C1CCN(c2ccc(Cl)cc2/C(N)=N/O)C1. The number of hydrogen-bond acceptors (Lipinski definition) is 3. The van der Waals surface area contributed by atoms with E-state index in [0.717, 1.165) is 25.2 Å². The fraction of sp³-hybridized carbons (Fsp3) is 0.533. The van der Waals surface area contributed by atoms with Crippen molar-refractivity contribution in [1.29, 1.82) is 0 Å². The van der Waals surface area contributed by atoms with E-state index in [1.54, 1.807) is 6.07 Å². The van der Waals surface area contributed by atoms with Crippen molar-refractivity contribution in [3.05, 3.63) is 28.8 Å². The minimum atomic E-state index is 0.0988. The van der Waals surface area contributed by atoms with Gasteiger partial charge in [-0.2, -0.15) is 0 Å². The molecule has 0 saturated carbocycles. The fourth-order valence-electron chi connectivity index (χ4n) is 2.73. The van der Waals surface area contributed by atoms with Gasteiger partial charge >= 0.3 is 0 Å². The standard InChI is InChI=1S/C15H22ClN3O/c1-15(2,3)10-6-7-19(9-10)13-5-4-11(16)8-12(13)14(17)18-20/h4-5,8,10,20H,6-7,9H2,1-3H3,(H2,17,18). The molecule has 3 N–H and O–H groups in total. The average molecular weight is 296 g/mol. The van der Waals surface area contributed by atoms with E-state index in [2.05, 4.69) is 30.8 Å². The molecule has 4 nitrogen and oxygen atoms in total. The molecule has 0 radical (unpaired) electrons. The van der Waals surface area contributed by atoms with Gasteiger partial charge in [-0.15, -0.1) is 0 Å². The molecule has 1 unspecified atom stereocenters. The first kappa shape index (κ1) is 15.0. The number of halogens is 1. The quantitative estimate of drug-likeness (QED) is 0.381. The van der Waals surface area contributed by atoms with Crippen molar-refractivity contribution in [2.24, 2.45) is 22.2 Å². The monoisotopic (exact) mass is 295 g/mol. The van der Waals surface area contributed by atoms with Gasteiger partial charge in [-0.05, 0) is 36.0 Å². The highest BCUT2D eigenvalue weighted by Crippen LogP contribution is 2.37. The van der Waals surface area contributed by atoms with E-state index >= 15 is 0 Å². The normalized spacial score (nSPS) is 20.5. The molecule has 5 heteroatoms. The summed E-state index contributed by atoms with van der Waals surface area (Å²) in [5.74, 6) is 0.736. The van der Waals surface area contributed by atoms with Gasteiger partial charge in [0.1, 0.15) is 0 Å². The Hall–Kier alpha value is -1.42. The van der Waals surface area contributed by atoms with E-state index in [1.807, 2.05) is 12.1 Å². The highest BCUT2D eigenvalue weighted by molar-refractivity contribution is 6.31. The predicted octanol–water partition coefficient (Wildman–Crippen LogP) is 3.31. The molecule has 1 heterocycles. The molecule has 20 heavy (non-hydrogen) atoms. The number of benzene rings is 1. The number of rotatable bonds is 2. The molecule has 0 aliphatic carbocycles. The Balaban J connectivity index is 2.31. The summed E-state index contributed by atoms with van der Waals surface area (Å²) in [5, 5.41) is 12.6. The third-order valence-electron chi connectivity index (χ3n) is 4.10. The first-order chi connectivity index (χ1) is 9.32. The molecule has 2 rings (SSSR count). The van der Waals surface area contributed by atoms with Crippen molar-refractivity contribution in [2.75, 3.05) is 18.0 Å². The Bertz CT molecular complexity index is 522. The van der Waals surface area contributed by atoms with Crippen LogP contribution in [-0.2, 0) is 0 Å². The lowest BCUT2D eigenvalue weighted by Gasteiger charge is -2.28. The van der Waals surface area contributed by atoms with Crippen LogP contribution in [-0.4, -0.2) is 24.1 Å². The van der Waals surface area contributed by atoms with Crippen molar-refractivity contribution in [3.63, 3.8) is 0 Å². The lowest BCUT2D eigenvalue weighted by Crippen LogP contribution is -2.27. The van der Waals surface area contributed by atoms with Crippen LogP contribution in [0.25, 0.3) is 0 Å². The minimum absolute atomic E-state index is 0.0988. The molecular formula is C15H22ClN3O. The van der Waals surface area contributed by atoms with Gasteiger partial charge in [-0.25, -0.2) is 0 Å². The smallest absolute Gasteiger partial charge is 0.172 e. The van der Waals surface area contributed by atoms with Gasteiger partial charge in [0.25, 0.3) is 0 Å². The van der Waals surface area contributed by atoms with Crippen molar-refractivity contribution in [3.8, 4) is 0 Å². The van der Waals surface area contributed by atoms with Crippen LogP contribution in [0, 0.1) is 11.3 Å². The van der Waals surface area contributed by atoms with Gasteiger partial charge in [0, 0.05) is 29.4 Å². The van der Waals surface area contributed by atoms with E-state index in [4.69, 9.17) is 22.5 Å². The van der Waals surface area contributed by atoms with Crippen LogP contribution >= 0.6 is 11.6 Å². The summed E-state index contributed by atoms with van der Waals surface area (Å²) < 4.78 is 0. The maximum atomic E-state index is 8.93. The topological polar surface area (TPSA) is 61.8 Å². The Morgan fingerprint density at radius 3 is 2.70 bits per heavy atom. The van der Waals surface area contributed by atoms with Crippen LogP contribution in [0.5, 0.6) is 0 Å². The molecule has 0 amide bonds. The molecule has 0 aromatic heterocycles. The number of hydrogen-bond donors (Lipinski definition) is 2. The molecule has 1 aliphatic heterocycles. The Morgan fingerprint density at radius 1 is 1.45 bits per heavy atom. The summed E-state index contributed by atoms with van der Waals surface area (Å²) in [4.78, 5) is 2.29. The van der Waals surface area contributed by atoms with Gasteiger partial charge in [0.05, 0.1) is 0 Å². The van der Waals surface area contributed by atoms with E-state index in [-0.39, 0.29) is 11.3 Å². The number of oxime groups is 1. The van der Waals surface area contributed by atoms with Crippen LogP contribution in [0.3, 0.4) is 0 Å². The summed E-state index contributed by atoms with van der Waals surface area (Å²) in [7, 11) is 0. The summed E-state index contributed by atoms with van der Waals surface area (Å²) in [6, 6.07) is 5.53. The van der Waals surface area contributed by atoms with Crippen LogP contribution < -0.4 is 10.6 Å². The van der Waals surface area contributed by atoms with Gasteiger partial charge < -0.3 is 15.8 Å². The maximum absolute atomic E-state index is 8.93. The molecule has 1 atom stereocenters. The van der Waals surface area contributed by atoms with Crippen molar-refractivity contribution < 1.29 is 5.21 Å². The molecule has 110 valence electrons. The van der Waals surface area contributed by atoms with Gasteiger partial charge in [-0.1, -0.05) is 37.5 Å². The second-order valence-corrected chi connectivity index (χ2v) is 6.88. The van der Waals surface area contributed by atoms with Crippen molar-refractivity contribution >= 4 is 23.1 Å². The first-order valence-electron chi connectivity index (χ1n) is 6.85. The minimum Gasteiger partial charge on any atom is -0.409 e. The lowest BCUT2D eigenvalue weighted by molar-refractivity contribution is 0.263. The zero-order chi connectivity index (χ0) is 14.9. The van der Waals surface area contributed by atoms with Crippen LogP contribution in [0.4, 0.5) is 5.69 Å². The highest BCUT2D eigenvalue weighted by atomic mass is 35.5. The zero-order valence-electron chi connectivity index (χ0n) is 12.2. The van der Waals surface area contributed by atoms with Crippen LogP contribution in [0.1, 0.15) is 32.8 Å². The molecule has 1 aromatic carbocycles. The molecule has 1 aliphatic rings. The van der Waals surface area contributed by atoms with Crippen LogP contribution in [0.2, 0.25) is 5.02 Å². The summed E-state index contributed by atoms with van der Waals surface area (Å²) in [6.07, 6.45) is 1.15. The average Bonchev–Trinajstić information content (AvgIpc) is 2.87. The molecule has 0 spiro atoms. The first-order valence-corrected chi connectivity index (χ1v) is 7.23. The van der Waals surface area contributed by atoms with E-state index in [9.17, 15) is 0 Å². The van der Waals surface area contributed by atoms with Crippen molar-refractivity contribution in [1.82, 2.24) is 0 Å². The number of anilines is 1. The summed E-state index contributed by atoms with van der Waals surface area (Å²) in [5.41, 5.74) is 7.73. The van der Waals surface area contributed by atoms with Gasteiger partial charge in [0.15, 0.2) is 5.84 Å². The van der Waals surface area contributed by atoms with Crippen molar-refractivity contribution in [2.45, 2.75) is 27.2 Å². The van der Waals surface area contributed by atoms with E-state index in [1.165, 1.54) is 0 Å². The molecule has 1 aromatic rings. The Labute approximate surface area is 125 Å². The second-order valence-electron chi connectivity index (χ2n) is 6.44. The van der Waals surface area contributed by atoms with Gasteiger partial charge in [-0.3, -0.25) is 0 Å². The lowest BCUT2D eigenvalue weighted by atomic mass is 9.80. The fourth-order valence-corrected chi connectivity index (χ4v) is 2.90. The maximum Gasteiger partial charge on any atom is 0.172 e. The van der Waals surface area contributed by atoms with E-state index in [0.29, 0.717) is 16.5 Å². The summed E-state index contributed by atoms with van der Waals surface area (Å²) >= 11 is 6.02. The zero-order valence-corrected chi connectivity index (χ0v) is 13.0. The molecule has 1 fully saturated rings. The van der Waals surface area contributed by atoms with E-state index < -0.39 is 0 Å². The third kappa shape index (κ3) is 3.01. The molecule has 1 saturated heterocycles. The third-order valence-corrected chi connectivity index (χ3v) is 4.33. The number of nitrogens with zero attached hydrogens (tertiary/aromatic N) is 2. The van der Waals surface area contributed by atoms with Crippen LogP contribution in [0.15, 0.2) is 23.4 Å². The largest absolute Gasteiger partial charge is 0.409 e. The Kier molecular flexibility index (Phi) is 4.14. The molecule has 0 bridgehead atoms. The molecular weight excluding hydrogens is 274 g/mol. The Morgan fingerprint density at radius 2 is 2.15 bits per heavy atom. The van der Waals surface area contributed by atoms with Gasteiger partial charge in [0.2, 0.25) is 0 Å². The number of amidine groups is 1. The number of nitrogens with two attached hydrogens (primary N) is 1.